The minimum absolute atomic E-state index is 0.175. The summed E-state index contributed by atoms with van der Waals surface area (Å²) in [5.74, 6) is -3.04. The maximum Gasteiger partial charge on any atom is 0.338 e. The lowest BCUT2D eigenvalue weighted by molar-refractivity contribution is -0.288. The van der Waals surface area contributed by atoms with E-state index in [4.69, 9.17) is 23.7 Å². The summed E-state index contributed by atoms with van der Waals surface area (Å²) in [6.07, 6.45) is -7.38. The summed E-state index contributed by atoms with van der Waals surface area (Å²) in [6.45, 7) is 1.87. The van der Waals surface area contributed by atoms with Crippen LogP contribution in [0.2, 0.25) is 0 Å². The van der Waals surface area contributed by atoms with Gasteiger partial charge >= 0.3 is 23.9 Å². The highest BCUT2D eigenvalue weighted by molar-refractivity contribution is 5.90. The van der Waals surface area contributed by atoms with Gasteiger partial charge in [-0.2, -0.15) is 0 Å². The maximum absolute atomic E-state index is 12.8. The Morgan fingerprint density at radius 2 is 1.24 bits per heavy atom. The number of carbonyl (C=O) groups excluding carboxylic acids is 4. The molecule has 0 bridgehead atoms. The molecule has 3 rings (SSSR count). The van der Waals surface area contributed by atoms with E-state index in [1.54, 1.807) is 36.4 Å². The normalized spacial score (nSPS) is 23.9. The van der Waals surface area contributed by atoms with Gasteiger partial charge in [-0.3, -0.25) is 9.59 Å². The average Bonchev–Trinajstić information content (AvgIpc) is 2.82. The van der Waals surface area contributed by atoms with Gasteiger partial charge in [-0.05, 0) is 24.3 Å². The molecule has 1 aliphatic rings. The molecule has 2 aromatic rings. The van der Waals surface area contributed by atoms with Gasteiger partial charge in [0.05, 0.1) is 11.1 Å². The predicted octanol–water partition coefficient (Wildman–Crippen LogP) is 1.65. The number of aliphatic hydroxyl groups excluding tert-OH is 1. The second-order valence-electron chi connectivity index (χ2n) is 7.41. The third kappa shape index (κ3) is 6.40. The number of ether oxygens (including phenoxy) is 5. The standard InChI is InChI=1S/C24H24O10/c1-14(25)30-13-18-19(31-15(2)26)20(33-22(27)16-9-5-3-6-10-16)21(24(29)32-18)34-23(28)17-11-7-4-8-12-17/h3-12,18-21,24,29H,13H2,1-2H3/t18-,19-,20+,21+,24+/m1/s1. The molecule has 0 aromatic heterocycles. The summed E-state index contributed by atoms with van der Waals surface area (Å²) in [5, 5.41) is 10.6. The molecule has 0 radical (unpaired) electrons. The van der Waals surface area contributed by atoms with E-state index in [1.165, 1.54) is 24.3 Å². The molecule has 34 heavy (non-hydrogen) atoms. The van der Waals surface area contributed by atoms with Gasteiger partial charge < -0.3 is 28.8 Å². The van der Waals surface area contributed by atoms with Crippen LogP contribution in [0.1, 0.15) is 34.6 Å². The Kier molecular flexibility index (Phi) is 8.34. The van der Waals surface area contributed by atoms with E-state index < -0.39 is 61.2 Å². The van der Waals surface area contributed by atoms with Crippen LogP contribution in [-0.4, -0.2) is 66.3 Å². The molecule has 0 spiro atoms. The fourth-order valence-corrected chi connectivity index (χ4v) is 3.35. The van der Waals surface area contributed by atoms with Crippen LogP contribution >= 0.6 is 0 Å². The summed E-state index contributed by atoms with van der Waals surface area (Å²) < 4.78 is 26.7. The molecular formula is C24H24O10. The fraction of sp³-hybridized carbons (Fsp3) is 0.333. The predicted molar refractivity (Wildman–Crippen MR) is 114 cm³/mol. The molecule has 1 saturated heterocycles. The van der Waals surface area contributed by atoms with Gasteiger partial charge in [0.15, 0.2) is 24.6 Å². The number of hydrogen-bond acceptors (Lipinski definition) is 10. The quantitative estimate of drug-likeness (QED) is 0.468. The van der Waals surface area contributed by atoms with E-state index in [0.717, 1.165) is 13.8 Å². The molecule has 1 aliphatic heterocycles. The Hall–Kier alpha value is -3.76. The highest BCUT2D eigenvalue weighted by Crippen LogP contribution is 2.29. The zero-order chi connectivity index (χ0) is 24.7. The molecule has 1 heterocycles. The van der Waals surface area contributed by atoms with Crippen molar-refractivity contribution in [2.45, 2.75) is 44.6 Å². The molecule has 5 atom stereocenters. The largest absolute Gasteiger partial charge is 0.463 e. The lowest BCUT2D eigenvalue weighted by Gasteiger charge is -2.42. The Bertz CT molecular complexity index is 1010. The van der Waals surface area contributed by atoms with Crippen LogP contribution in [0.15, 0.2) is 60.7 Å². The summed E-state index contributed by atoms with van der Waals surface area (Å²) in [5.41, 5.74) is 0.351. The third-order valence-corrected chi connectivity index (χ3v) is 4.87. The number of benzene rings is 2. The number of hydrogen-bond donors (Lipinski definition) is 1. The molecule has 2 aromatic carbocycles. The summed E-state index contributed by atoms with van der Waals surface area (Å²) >= 11 is 0. The molecule has 180 valence electrons. The number of esters is 4. The van der Waals surface area contributed by atoms with Gasteiger partial charge in [0.1, 0.15) is 12.7 Å². The molecule has 0 saturated carbocycles. The first-order valence-electron chi connectivity index (χ1n) is 10.4. The fourth-order valence-electron chi connectivity index (χ4n) is 3.35. The Balaban J connectivity index is 1.93. The van der Waals surface area contributed by atoms with Crippen molar-refractivity contribution in [1.82, 2.24) is 0 Å². The minimum atomic E-state index is -1.78. The van der Waals surface area contributed by atoms with Gasteiger partial charge in [0.2, 0.25) is 0 Å². The van der Waals surface area contributed by atoms with Crippen molar-refractivity contribution in [3.63, 3.8) is 0 Å². The molecule has 10 heteroatoms. The topological polar surface area (TPSA) is 135 Å². The van der Waals surface area contributed by atoms with Crippen LogP contribution in [-0.2, 0) is 33.3 Å². The lowest BCUT2D eigenvalue weighted by Crippen LogP contribution is -2.62. The SMILES string of the molecule is CC(=O)OC[C@H]1O[C@H](O)[C@@H](OC(=O)c2ccccc2)[C@@H](OC(=O)c2ccccc2)[C@@H]1OC(C)=O. The van der Waals surface area contributed by atoms with Gasteiger partial charge in [-0.15, -0.1) is 0 Å². The molecule has 0 aliphatic carbocycles. The zero-order valence-electron chi connectivity index (χ0n) is 18.5. The van der Waals surface area contributed by atoms with Crippen LogP contribution in [0, 0.1) is 0 Å². The summed E-state index contributed by atoms with van der Waals surface area (Å²) in [6, 6.07) is 15.9. The molecule has 10 nitrogen and oxygen atoms in total. The first kappa shape index (κ1) is 24.9. The van der Waals surface area contributed by atoms with E-state index in [2.05, 4.69) is 0 Å². The molecule has 0 amide bonds. The number of carbonyl (C=O) groups is 4. The summed E-state index contributed by atoms with van der Waals surface area (Å²) in [4.78, 5) is 48.6. The van der Waals surface area contributed by atoms with Crippen LogP contribution in [0.5, 0.6) is 0 Å². The Labute approximate surface area is 195 Å². The molecule has 1 N–H and O–H groups in total. The molecular weight excluding hydrogens is 448 g/mol. The van der Waals surface area contributed by atoms with Gasteiger partial charge in [0.25, 0.3) is 0 Å². The first-order valence-corrected chi connectivity index (χ1v) is 10.4. The minimum Gasteiger partial charge on any atom is -0.463 e. The second-order valence-corrected chi connectivity index (χ2v) is 7.41. The van der Waals surface area contributed by atoms with Crippen molar-refractivity contribution < 1.29 is 48.0 Å². The lowest BCUT2D eigenvalue weighted by atomic mass is 9.98. The monoisotopic (exact) mass is 472 g/mol. The third-order valence-electron chi connectivity index (χ3n) is 4.87. The van der Waals surface area contributed by atoms with Crippen molar-refractivity contribution >= 4 is 23.9 Å². The number of rotatable bonds is 7. The smallest absolute Gasteiger partial charge is 0.338 e. The average molecular weight is 472 g/mol. The summed E-state index contributed by atoms with van der Waals surface area (Å²) in [7, 11) is 0. The van der Waals surface area contributed by atoms with E-state index >= 15 is 0 Å². The van der Waals surface area contributed by atoms with Crippen LogP contribution in [0.25, 0.3) is 0 Å². The van der Waals surface area contributed by atoms with Gasteiger partial charge in [-0.25, -0.2) is 9.59 Å². The highest BCUT2D eigenvalue weighted by atomic mass is 16.7. The van der Waals surface area contributed by atoms with Crippen LogP contribution < -0.4 is 0 Å². The highest BCUT2D eigenvalue weighted by Gasteiger charge is 2.52. The van der Waals surface area contributed by atoms with Crippen molar-refractivity contribution in [2.24, 2.45) is 0 Å². The Morgan fingerprint density at radius 1 is 0.735 bits per heavy atom. The maximum atomic E-state index is 12.8. The van der Waals surface area contributed by atoms with Crippen LogP contribution in [0.3, 0.4) is 0 Å². The van der Waals surface area contributed by atoms with E-state index in [-0.39, 0.29) is 11.1 Å². The van der Waals surface area contributed by atoms with Crippen molar-refractivity contribution in [2.75, 3.05) is 6.61 Å². The Morgan fingerprint density at radius 3 is 1.71 bits per heavy atom. The van der Waals surface area contributed by atoms with Crippen molar-refractivity contribution in [3.8, 4) is 0 Å². The first-order chi connectivity index (χ1) is 16.3. The molecule has 0 unspecified atom stereocenters. The van der Waals surface area contributed by atoms with Gasteiger partial charge in [-0.1, -0.05) is 36.4 Å². The van der Waals surface area contributed by atoms with Crippen LogP contribution in [0.4, 0.5) is 0 Å². The van der Waals surface area contributed by atoms with E-state index in [0.29, 0.717) is 0 Å². The van der Waals surface area contributed by atoms with Gasteiger partial charge in [0, 0.05) is 13.8 Å². The molecule has 1 fully saturated rings. The number of aliphatic hydroxyl groups is 1. The van der Waals surface area contributed by atoms with E-state index in [1.807, 2.05) is 0 Å². The van der Waals surface area contributed by atoms with E-state index in [9.17, 15) is 24.3 Å². The second kappa shape index (κ2) is 11.4. The van der Waals surface area contributed by atoms with Crippen molar-refractivity contribution in [3.05, 3.63) is 71.8 Å². The van der Waals surface area contributed by atoms with Crippen molar-refractivity contribution in [1.29, 1.82) is 0 Å². The zero-order valence-corrected chi connectivity index (χ0v) is 18.5.